The van der Waals surface area contributed by atoms with E-state index in [-0.39, 0.29) is 15.9 Å². The largest absolute Gasteiger partial charge is 0.264 e. The summed E-state index contributed by atoms with van der Waals surface area (Å²) in [5, 5.41) is 5.54. The quantitative estimate of drug-likeness (QED) is 0.887. The minimum absolute atomic E-state index is 0.0366. The normalized spacial score (nSPS) is 11.4. The van der Waals surface area contributed by atoms with E-state index in [1.54, 1.807) is 0 Å². The van der Waals surface area contributed by atoms with Crippen LogP contribution in [0, 0.1) is 5.82 Å². The average molecular weight is 277 g/mol. The molecular formula is C8H6ClFN4O2S. The number of hydrogen-bond acceptors (Lipinski definition) is 4. The number of nitrogens with zero attached hydrogens (tertiary/aromatic N) is 2. The molecule has 0 unspecified atom stereocenters. The van der Waals surface area contributed by atoms with Gasteiger partial charge in [0, 0.05) is 0 Å². The van der Waals surface area contributed by atoms with Gasteiger partial charge in [-0.1, -0.05) is 11.6 Å². The van der Waals surface area contributed by atoms with E-state index in [1.807, 2.05) is 0 Å². The Morgan fingerprint density at radius 2 is 2.18 bits per heavy atom. The number of nitrogens with one attached hydrogen (secondary N) is 2. The summed E-state index contributed by atoms with van der Waals surface area (Å²) in [7, 11) is -3.86. The van der Waals surface area contributed by atoms with E-state index in [9.17, 15) is 12.8 Å². The molecule has 17 heavy (non-hydrogen) atoms. The fourth-order valence-corrected chi connectivity index (χ4v) is 2.32. The summed E-state index contributed by atoms with van der Waals surface area (Å²) in [6, 6.07) is 3.08. The molecule has 0 fully saturated rings. The molecule has 0 atom stereocenters. The van der Waals surface area contributed by atoms with E-state index in [1.165, 1.54) is 0 Å². The third-order valence-electron chi connectivity index (χ3n) is 1.85. The van der Waals surface area contributed by atoms with Gasteiger partial charge in [0.2, 0.25) is 5.95 Å². The molecule has 2 aromatic rings. The standard InChI is InChI=1S/C8H6ClFN4O2S/c9-6-3-5(1-2-7(6)10)17(15,16)14-8-11-4-12-13-8/h1-4H,(H2,11,12,13,14). The van der Waals surface area contributed by atoms with Gasteiger partial charge in [-0.15, -0.1) is 0 Å². The number of anilines is 1. The lowest BCUT2D eigenvalue weighted by Crippen LogP contribution is -2.14. The molecule has 2 N–H and O–H groups in total. The van der Waals surface area contributed by atoms with Gasteiger partial charge < -0.3 is 0 Å². The fourth-order valence-electron chi connectivity index (χ4n) is 1.08. The molecule has 0 aliphatic heterocycles. The fraction of sp³-hybridized carbons (Fsp3) is 0. The first-order valence-corrected chi connectivity index (χ1v) is 6.18. The second-order valence-corrected chi connectivity index (χ2v) is 5.11. The van der Waals surface area contributed by atoms with Gasteiger partial charge >= 0.3 is 0 Å². The predicted octanol–water partition coefficient (Wildman–Crippen LogP) is 1.40. The number of aromatic nitrogens is 3. The topological polar surface area (TPSA) is 87.7 Å². The molecule has 0 aliphatic rings. The Kier molecular flexibility index (Phi) is 2.99. The molecule has 0 bridgehead atoms. The molecular weight excluding hydrogens is 271 g/mol. The molecule has 1 heterocycles. The van der Waals surface area contributed by atoms with Gasteiger partial charge in [-0.25, -0.2) is 22.6 Å². The number of rotatable bonds is 3. The summed E-state index contributed by atoms with van der Waals surface area (Å²) < 4.78 is 38.6. The zero-order chi connectivity index (χ0) is 12.5. The third-order valence-corrected chi connectivity index (χ3v) is 3.47. The summed E-state index contributed by atoms with van der Waals surface area (Å²) in [5.41, 5.74) is 0. The van der Waals surface area contributed by atoms with Crippen molar-refractivity contribution in [3.63, 3.8) is 0 Å². The van der Waals surface area contributed by atoms with E-state index in [0.29, 0.717) is 0 Å². The van der Waals surface area contributed by atoms with Crippen molar-refractivity contribution < 1.29 is 12.8 Å². The Morgan fingerprint density at radius 1 is 1.41 bits per heavy atom. The molecule has 0 spiro atoms. The van der Waals surface area contributed by atoms with Crippen LogP contribution in [0.2, 0.25) is 5.02 Å². The van der Waals surface area contributed by atoms with E-state index in [2.05, 4.69) is 19.9 Å². The predicted molar refractivity (Wildman–Crippen MR) is 58.6 cm³/mol. The maximum absolute atomic E-state index is 12.9. The maximum Gasteiger partial charge on any atom is 0.264 e. The first kappa shape index (κ1) is 11.8. The third kappa shape index (κ3) is 2.53. The van der Waals surface area contributed by atoms with E-state index in [0.717, 1.165) is 24.5 Å². The monoisotopic (exact) mass is 276 g/mol. The second kappa shape index (κ2) is 4.30. The summed E-state index contributed by atoms with van der Waals surface area (Å²) in [5.74, 6) is -0.726. The Hall–Kier alpha value is -1.67. The molecule has 90 valence electrons. The molecule has 2 rings (SSSR count). The van der Waals surface area contributed by atoms with Crippen LogP contribution >= 0.6 is 11.6 Å². The second-order valence-electron chi connectivity index (χ2n) is 3.02. The lowest BCUT2D eigenvalue weighted by molar-refractivity contribution is 0.599. The van der Waals surface area contributed by atoms with Gasteiger partial charge in [-0.2, -0.15) is 10.1 Å². The van der Waals surface area contributed by atoms with Gasteiger partial charge in [0.1, 0.15) is 12.1 Å². The lowest BCUT2D eigenvalue weighted by Gasteiger charge is -2.05. The van der Waals surface area contributed by atoms with Crippen LogP contribution in [0.25, 0.3) is 0 Å². The van der Waals surface area contributed by atoms with Gasteiger partial charge in [0.15, 0.2) is 0 Å². The van der Waals surface area contributed by atoms with Crippen molar-refractivity contribution in [2.24, 2.45) is 0 Å². The Morgan fingerprint density at radius 3 is 2.76 bits per heavy atom. The van der Waals surface area contributed by atoms with Crippen LogP contribution in [0.15, 0.2) is 29.4 Å². The lowest BCUT2D eigenvalue weighted by atomic mass is 10.3. The summed E-state index contributed by atoms with van der Waals surface area (Å²) >= 11 is 5.50. The van der Waals surface area contributed by atoms with Crippen LogP contribution < -0.4 is 4.72 Å². The van der Waals surface area contributed by atoms with Gasteiger partial charge in [-0.05, 0) is 18.2 Å². The smallest absolute Gasteiger partial charge is 0.248 e. The maximum atomic E-state index is 12.9. The van der Waals surface area contributed by atoms with Crippen LogP contribution in [0.5, 0.6) is 0 Å². The summed E-state index contributed by atoms with van der Waals surface area (Å²) in [6.07, 6.45) is 1.15. The number of halogens is 2. The average Bonchev–Trinajstić information content (AvgIpc) is 2.73. The van der Waals surface area contributed by atoms with Crippen LogP contribution in [0.4, 0.5) is 10.3 Å². The van der Waals surface area contributed by atoms with Gasteiger partial charge in [-0.3, -0.25) is 0 Å². The Bertz CT molecular complexity index is 629. The number of sulfonamides is 1. The van der Waals surface area contributed by atoms with Crippen molar-refractivity contribution >= 4 is 27.6 Å². The molecule has 0 saturated carbocycles. The van der Waals surface area contributed by atoms with Gasteiger partial charge in [0.25, 0.3) is 10.0 Å². The molecule has 1 aromatic carbocycles. The van der Waals surface area contributed by atoms with Crippen molar-refractivity contribution in [1.82, 2.24) is 15.2 Å². The van der Waals surface area contributed by atoms with Crippen molar-refractivity contribution in [2.45, 2.75) is 4.90 Å². The van der Waals surface area contributed by atoms with E-state index < -0.39 is 15.8 Å². The highest BCUT2D eigenvalue weighted by Gasteiger charge is 2.17. The number of H-pyrrole nitrogens is 1. The minimum atomic E-state index is -3.86. The number of hydrogen-bond donors (Lipinski definition) is 2. The first-order valence-electron chi connectivity index (χ1n) is 4.32. The highest BCUT2D eigenvalue weighted by atomic mass is 35.5. The molecule has 0 amide bonds. The van der Waals surface area contributed by atoms with Crippen molar-refractivity contribution in [2.75, 3.05) is 4.72 Å². The molecule has 0 radical (unpaired) electrons. The Labute approximate surface area is 101 Å². The van der Waals surface area contributed by atoms with Crippen molar-refractivity contribution in [3.05, 3.63) is 35.4 Å². The zero-order valence-corrected chi connectivity index (χ0v) is 9.76. The minimum Gasteiger partial charge on any atom is -0.248 e. The van der Waals surface area contributed by atoms with E-state index in [4.69, 9.17) is 11.6 Å². The molecule has 9 heteroatoms. The van der Waals surface area contributed by atoms with Crippen LogP contribution in [0.3, 0.4) is 0 Å². The summed E-state index contributed by atoms with van der Waals surface area (Å²) in [6.45, 7) is 0. The zero-order valence-electron chi connectivity index (χ0n) is 8.18. The molecule has 0 saturated heterocycles. The van der Waals surface area contributed by atoms with Crippen LogP contribution in [0.1, 0.15) is 0 Å². The first-order chi connectivity index (χ1) is 7.99. The van der Waals surface area contributed by atoms with Crippen molar-refractivity contribution in [1.29, 1.82) is 0 Å². The molecule has 0 aliphatic carbocycles. The SMILES string of the molecule is O=S(=O)(Nc1ncn[nH]1)c1ccc(F)c(Cl)c1. The molecule has 1 aromatic heterocycles. The summed E-state index contributed by atoms with van der Waals surface area (Å²) in [4.78, 5) is 3.44. The number of benzene rings is 1. The van der Waals surface area contributed by atoms with Crippen LogP contribution in [-0.2, 0) is 10.0 Å². The van der Waals surface area contributed by atoms with E-state index >= 15 is 0 Å². The van der Waals surface area contributed by atoms with Crippen LogP contribution in [-0.4, -0.2) is 23.6 Å². The van der Waals surface area contributed by atoms with Gasteiger partial charge in [0.05, 0.1) is 9.92 Å². The highest BCUT2D eigenvalue weighted by molar-refractivity contribution is 7.92. The molecule has 6 nitrogen and oxygen atoms in total. The highest BCUT2D eigenvalue weighted by Crippen LogP contribution is 2.20. The number of aromatic amines is 1. The van der Waals surface area contributed by atoms with Crippen molar-refractivity contribution in [3.8, 4) is 0 Å². The Balaban J connectivity index is 2.35.